The molecule has 11 rings (SSSR count). The van der Waals surface area contributed by atoms with Gasteiger partial charge in [-0.05, 0) is 107 Å². The van der Waals surface area contributed by atoms with Gasteiger partial charge in [-0.15, -0.1) is 0 Å². The normalized spacial score (nSPS) is 11.5. The van der Waals surface area contributed by atoms with Crippen molar-refractivity contribution in [1.29, 1.82) is 0 Å². The number of aromatic nitrogens is 2. The first kappa shape index (κ1) is 32.7. The van der Waals surface area contributed by atoms with Crippen LogP contribution in [0.5, 0.6) is 0 Å². The zero-order valence-corrected chi connectivity index (χ0v) is 31.0. The second kappa shape index (κ2) is 13.6. The van der Waals surface area contributed by atoms with Crippen molar-refractivity contribution in [3.8, 4) is 39.4 Å². The van der Waals surface area contributed by atoms with E-state index in [4.69, 9.17) is 9.40 Å². The quantitative estimate of drug-likeness (QED) is 0.164. The summed E-state index contributed by atoms with van der Waals surface area (Å²) < 4.78 is 8.76. The van der Waals surface area contributed by atoms with Gasteiger partial charge < -0.3 is 13.9 Å². The van der Waals surface area contributed by atoms with Crippen molar-refractivity contribution in [2.24, 2.45) is 0 Å². The van der Waals surface area contributed by atoms with Gasteiger partial charge in [0.15, 0.2) is 5.58 Å². The standard InChI is InChI=1S/C53H35N3O/c1-3-13-36(14-4-1)37-23-27-40(28-24-37)55(42-31-33-43(34-32-42)56-50-21-11-9-18-45(50)46-19-10-12-22-51(46)56)41-29-25-38(26-30-41)48-35-49-52(47-20-8-7-17-44(47)48)57-53(54-49)39-15-5-2-6-16-39/h1-35H. The van der Waals surface area contributed by atoms with Gasteiger partial charge in [-0.1, -0.05) is 133 Å². The molecule has 57 heavy (non-hydrogen) atoms. The maximum absolute atomic E-state index is 6.40. The highest BCUT2D eigenvalue weighted by molar-refractivity contribution is 6.11. The van der Waals surface area contributed by atoms with E-state index in [0.717, 1.165) is 61.3 Å². The van der Waals surface area contributed by atoms with Gasteiger partial charge in [0.05, 0.1) is 11.0 Å². The molecule has 0 aliphatic heterocycles. The van der Waals surface area contributed by atoms with Crippen LogP contribution >= 0.6 is 0 Å². The van der Waals surface area contributed by atoms with Crippen LogP contribution in [0.3, 0.4) is 0 Å². The number of benzene rings is 9. The van der Waals surface area contributed by atoms with Gasteiger partial charge >= 0.3 is 0 Å². The minimum atomic E-state index is 0.626. The molecule has 0 saturated heterocycles. The molecule has 9 aromatic carbocycles. The largest absolute Gasteiger partial charge is 0.435 e. The molecule has 11 aromatic rings. The monoisotopic (exact) mass is 729 g/mol. The van der Waals surface area contributed by atoms with Crippen LogP contribution in [0.25, 0.3) is 83.1 Å². The van der Waals surface area contributed by atoms with Crippen LogP contribution < -0.4 is 4.90 Å². The van der Waals surface area contributed by atoms with Crippen LogP contribution in [0.15, 0.2) is 217 Å². The summed E-state index contributed by atoms with van der Waals surface area (Å²) in [6.45, 7) is 0. The van der Waals surface area contributed by atoms with Gasteiger partial charge in [0, 0.05) is 44.5 Å². The maximum Gasteiger partial charge on any atom is 0.227 e. The van der Waals surface area contributed by atoms with E-state index in [1.54, 1.807) is 0 Å². The molecule has 4 nitrogen and oxygen atoms in total. The molecule has 2 heterocycles. The lowest BCUT2D eigenvalue weighted by molar-refractivity contribution is 0.623. The average molecular weight is 730 g/mol. The lowest BCUT2D eigenvalue weighted by atomic mass is 9.97. The first-order chi connectivity index (χ1) is 28.3. The van der Waals surface area contributed by atoms with E-state index >= 15 is 0 Å². The summed E-state index contributed by atoms with van der Waals surface area (Å²) in [5, 5.41) is 4.68. The van der Waals surface area contributed by atoms with Gasteiger partial charge in [0.2, 0.25) is 5.89 Å². The smallest absolute Gasteiger partial charge is 0.227 e. The fraction of sp³-hybridized carbons (Fsp3) is 0. The van der Waals surface area contributed by atoms with Crippen molar-refractivity contribution in [3.05, 3.63) is 212 Å². The Morgan fingerprint density at radius 1 is 0.386 bits per heavy atom. The van der Waals surface area contributed by atoms with Crippen LogP contribution in [-0.4, -0.2) is 9.55 Å². The lowest BCUT2D eigenvalue weighted by Gasteiger charge is -2.26. The molecule has 4 heteroatoms. The lowest BCUT2D eigenvalue weighted by Crippen LogP contribution is -2.10. The van der Waals surface area contributed by atoms with E-state index in [0.29, 0.717) is 5.89 Å². The molecular formula is C53H35N3O. The van der Waals surface area contributed by atoms with Crippen molar-refractivity contribution < 1.29 is 4.42 Å². The molecule has 0 fully saturated rings. The van der Waals surface area contributed by atoms with Gasteiger partial charge in [-0.2, -0.15) is 0 Å². The molecule has 0 saturated carbocycles. The number of anilines is 3. The van der Waals surface area contributed by atoms with Crippen molar-refractivity contribution in [2.45, 2.75) is 0 Å². The Bertz CT molecular complexity index is 3150. The summed E-state index contributed by atoms with van der Waals surface area (Å²) >= 11 is 0. The maximum atomic E-state index is 6.40. The molecule has 0 aliphatic rings. The fourth-order valence-electron chi connectivity index (χ4n) is 8.32. The van der Waals surface area contributed by atoms with Crippen LogP contribution in [-0.2, 0) is 0 Å². The number of hydrogen-bond donors (Lipinski definition) is 0. The van der Waals surface area contributed by atoms with E-state index in [-0.39, 0.29) is 0 Å². The second-order valence-corrected chi connectivity index (χ2v) is 14.4. The zero-order chi connectivity index (χ0) is 37.7. The highest BCUT2D eigenvalue weighted by Crippen LogP contribution is 2.41. The summed E-state index contributed by atoms with van der Waals surface area (Å²) in [5.74, 6) is 0.626. The number of nitrogens with zero attached hydrogens (tertiary/aromatic N) is 3. The van der Waals surface area contributed by atoms with Gasteiger partial charge in [0.1, 0.15) is 5.52 Å². The van der Waals surface area contributed by atoms with Crippen LogP contribution in [0.2, 0.25) is 0 Å². The molecule has 0 aliphatic carbocycles. The summed E-state index contributed by atoms with van der Waals surface area (Å²) in [7, 11) is 0. The van der Waals surface area contributed by atoms with E-state index in [9.17, 15) is 0 Å². The first-order valence-corrected chi connectivity index (χ1v) is 19.3. The Labute approximate surface area is 330 Å². The average Bonchev–Trinajstić information content (AvgIpc) is 3.88. The van der Waals surface area contributed by atoms with Gasteiger partial charge in [-0.25, -0.2) is 4.98 Å². The number of rotatable bonds is 7. The Hall–Kier alpha value is -7.69. The molecule has 0 spiro atoms. The summed E-state index contributed by atoms with van der Waals surface area (Å²) in [5.41, 5.74) is 13.9. The van der Waals surface area contributed by atoms with E-state index in [2.05, 4.69) is 191 Å². The molecule has 0 N–H and O–H groups in total. The second-order valence-electron chi connectivity index (χ2n) is 14.4. The Morgan fingerprint density at radius 3 is 1.44 bits per heavy atom. The Balaban J connectivity index is 1.01. The van der Waals surface area contributed by atoms with Crippen molar-refractivity contribution >= 4 is 60.7 Å². The fourth-order valence-corrected chi connectivity index (χ4v) is 8.32. The van der Waals surface area contributed by atoms with E-state index in [1.807, 2.05) is 30.3 Å². The van der Waals surface area contributed by atoms with Crippen molar-refractivity contribution in [3.63, 3.8) is 0 Å². The molecule has 0 bridgehead atoms. The third-order valence-corrected chi connectivity index (χ3v) is 11.0. The first-order valence-electron chi connectivity index (χ1n) is 19.3. The van der Waals surface area contributed by atoms with Crippen LogP contribution in [0, 0.1) is 0 Å². The SMILES string of the molecule is c1ccc(-c2ccc(N(c3ccc(-c4cc5nc(-c6ccccc6)oc5c5ccccc45)cc3)c3ccc(-n4c5ccccc5c5ccccc54)cc3)cc2)cc1. The number of oxazole rings is 1. The number of hydrogen-bond acceptors (Lipinski definition) is 3. The van der Waals surface area contributed by atoms with E-state index < -0.39 is 0 Å². The third kappa shape index (κ3) is 5.66. The van der Waals surface area contributed by atoms with Crippen molar-refractivity contribution in [2.75, 3.05) is 4.90 Å². The summed E-state index contributed by atoms with van der Waals surface area (Å²) in [6.07, 6.45) is 0. The van der Waals surface area contributed by atoms with Gasteiger partial charge in [0.25, 0.3) is 0 Å². The summed E-state index contributed by atoms with van der Waals surface area (Å²) in [6, 6.07) is 75.2. The molecule has 0 radical (unpaired) electrons. The number of fused-ring (bicyclic) bond motifs is 6. The Morgan fingerprint density at radius 2 is 0.842 bits per heavy atom. The molecule has 2 aromatic heterocycles. The highest BCUT2D eigenvalue weighted by Gasteiger charge is 2.18. The topological polar surface area (TPSA) is 34.2 Å². The Kier molecular flexibility index (Phi) is 7.78. The number of para-hydroxylation sites is 2. The minimum absolute atomic E-state index is 0.626. The van der Waals surface area contributed by atoms with Crippen LogP contribution in [0.1, 0.15) is 0 Å². The molecule has 0 unspecified atom stereocenters. The molecular weight excluding hydrogens is 695 g/mol. The zero-order valence-electron chi connectivity index (χ0n) is 31.0. The van der Waals surface area contributed by atoms with Gasteiger partial charge in [-0.3, -0.25) is 0 Å². The predicted octanol–water partition coefficient (Wildman–Crippen LogP) is 14.5. The predicted molar refractivity (Wildman–Crippen MR) is 237 cm³/mol. The van der Waals surface area contributed by atoms with Crippen LogP contribution in [0.4, 0.5) is 17.1 Å². The third-order valence-electron chi connectivity index (χ3n) is 11.0. The van der Waals surface area contributed by atoms with E-state index in [1.165, 1.54) is 32.9 Å². The molecule has 268 valence electrons. The molecule has 0 atom stereocenters. The van der Waals surface area contributed by atoms with Crippen molar-refractivity contribution in [1.82, 2.24) is 9.55 Å². The minimum Gasteiger partial charge on any atom is -0.435 e. The molecule has 0 amide bonds. The summed E-state index contributed by atoms with van der Waals surface area (Å²) in [4.78, 5) is 7.29. The highest BCUT2D eigenvalue weighted by atomic mass is 16.3.